The van der Waals surface area contributed by atoms with E-state index in [-0.39, 0.29) is 6.10 Å². The lowest BCUT2D eigenvalue weighted by molar-refractivity contribution is 0.230. The predicted octanol–water partition coefficient (Wildman–Crippen LogP) is 4.90. The zero-order valence-corrected chi connectivity index (χ0v) is 17.4. The molecule has 3 aromatic rings. The summed E-state index contributed by atoms with van der Waals surface area (Å²) in [4.78, 5) is 0. The number of ether oxygens (including phenoxy) is 2. The Bertz CT molecular complexity index is 959. The van der Waals surface area contributed by atoms with Gasteiger partial charge in [-0.1, -0.05) is 41.6 Å². The van der Waals surface area contributed by atoms with Gasteiger partial charge in [-0.2, -0.15) is 9.78 Å². The van der Waals surface area contributed by atoms with Crippen LogP contribution in [0.5, 0.6) is 11.5 Å². The highest BCUT2D eigenvalue weighted by atomic mass is 35.5. The third-order valence-corrected chi connectivity index (χ3v) is 5.05. The highest BCUT2D eigenvalue weighted by molar-refractivity contribution is 7.98. The Morgan fingerprint density at radius 3 is 2.79 bits per heavy atom. The van der Waals surface area contributed by atoms with Crippen LogP contribution >= 0.6 is 23.4 Å². The van der Waals surface area contributed by atoms with E-state index in [1.165, 1.54) is 11.8 Å². The van der Waals surface area contributed by atoms with E-state index in [1.54, 1.807) is 24.3 Å². The zero-order chi connectivity index (χ0) is 19.9. The number of methoxy groups -OCH3 is 1. The minimum absolute atomic E-state index is 0.0724. The number of aromatic nitrogens is 3. The van der Waals surface area contributed by atoms with Crippen LogP contribution in [0.3, 0.4) is 0 Å². The molecule has 0 aliphatic rings. The van der Waals surface area contributed by atoms with E-state index in [0.29, 0.717) is 22.4 Å². The molecule has 0 radical (unpaired) electrons. The first-order valence-corrected chi connectivity index (χ1v) is 10.1. The van der Waals surface area contributed by atoms with Gasteiger partial charge in [0.05, 0.1) is 19.4 Å². The molecule has 6 nitrogen and oxygen atoms in total. The Morgan fingerprint density at radius 1 is 1.21 bits per heavy atom. The number of hydrogen-bond acceptors (Lipinski definition) is 6. The highest BCUT2D eigenvalue weighted by Crippen LogP contribution is 2.29. The normalized spacial score (nSPS) is 11.3. The molecule has 1 aromatic heterocycles. The molecule has 2 aromatic carbocycles. The van der Waals surface area contributed by atoms with Crippen LogP contribution in [0.25, 0.3) is 0 Å². The predicted molar refractivity (Wildman–Crippen MR) is 113 cm³/mol. The van der Waals surface area contributed by atoms with Crippen molar-refractivity contribution < 1.29 is 9.47 Å². The molecule has 1 heterocycles. The number of halogens is 1. The van der Waals surface area contributed by atoms with E-state index in [2.05, 4.69) is 15.3 Å². The molecule has 0 spiro atoms. The van der Waals surface area contributed by atoms with E-state index in [0.717, 1.165) is 16.1 Å². The summed E-state index contributed by atoms with van der Waals surface area (Å²) in [7, 11) is 1.62. The third-order valence-electron chi connectivity index (χ3n) is 3.70. The van der Waals surface area contributed by atoms with Crippen molar-refractivity contribution in [2.45, 2.75) is 30.9 Å². The standard InChI is InChI=1S/C20H21ClN4O2S/c1-14(2)27-18-9-8-15(10-19(18)26-3)11-23-25-13-22-24-20(25)28-12-16-6-4-5-7-17(16)21/h4-11,13-14H,12H2,1-3H3/b23-11+. The van der Waals surface area contributed by atoms with Crippen LogP contribution in [0.15, 0.2) is 59.0 Å². The van der Waals surface area contributed by atoms with Crippen LogP contribution < -0.4 is 9.47 Å². The summed E-state index contributed by atoms with van der Waals surface area (Å²) in [5.74, 6) is 2.05. The second-order valence-corrected chi connectivity index (χ2v) is 7.51. The van der Waals surface area contributed by atoms with Crippen molar-refractivity contribution >= 4 is 29.6 Å². The Kier molecular flexibility index (Phi) is 6.95. The van der Waals surface area contributed by atoms with Crippen molar-refractivity contribution in [3.8, 4) is 11.5 Å². The van der Waals surface area contributed by atoms with Crippen LogP contribution in [-0.4, -0.2) is 34.3 Å². The summed E-state index contributed by atoms with van der Waals surface area (Å²) in [5.41, 5.74) is 1.92. The Balaban J connectivity index is 1.71. The summed E-state index contributed by atoms with van der Waals surface area (Å²) in [6.45, 7) is 3.95. The first kappa shape index (κ1) is 20.2. The van der Waals surface area contributed by atoms with Gasteiger partial charge < -0.3 is 9.47 Å². The second kappa shape index (κ2) is 9.61. The van der Waals surface area contributed by atoms with Crippen LogP contribution in [-0.2, 0) is 5.75 Å². The molecule has 0 N–H and O–H groups in total. The topological polar surface area (TPSA) is 61.5 Å². The average Bonchev–Trinajstić information content (AvgIpc) is 3.13. The SMILES string of the molecule is COc1cc(/C=N/n2cnnc2SCc2ccccc2Cl)ccc1OC(C)C. The minimum atomic E-state index is 0.0724. The van der Waals surface area contributed by atoms with Crippen molar-refractivity contribution in [2.75, 3.05) is 7.11 Å². The van der Waals surface area contributed by atoms with Gasteiger partial charge >= 0.3 is 0 Å². The zero-order valence-electron chi connectivity index (χ0n) is 15.9. The Labute approximate surface area is 173 Å². The van der Waals surface area contributed by atoms with Gasteiger partial charge in [0, 0.05) is 10.8 Å². The monoisotopic (exact) mass is 416 g/mol. The lowest BCUT2D eigenvalue weighted by Gasteiger charge is -2.13. The molecular formula is C20H21ClN4O2S. The molecule has 146 valence electrons. The van der Waals surface area contributed by atoms with E-state index in [1.807, 2.05) is 56.3 Å². The molecule has 0 fully saturated rings. The first-order valence-electron chi connectivity index (χ1n) is 8.72. The van der Waals surface area contributed by atoms with Crippen molar-refractivity contribution in [1.29, 1.82) is 0 Å². The van der Waals surface area contributed by atoms with Gasteiger partial charge in [0.1, 0.15) is 6.33 Å². The summed E-state index contributed by atoms with van der Waals surface area (Å²) in [5, 5.41) is 14.0. The first-order chi connectivity index (χ1) is 13.6. The average molecular weight is 417 g/mol. The van der Waals surface area contributed by atoms with E-state index in [4.69, 9.17) is 21.1 Å². The maximum absolute atomic E-state index is 6.21. The van der Waals surface area contributed by atoms with Gasteiger partial charge in [-0.15, -0.1) is 10.2 Å². The van der Waals surface area contributed by atoms with Gasteiger partial charge in [0.2, 0.25) is 5.16 Å². The lowest BCUT2D eigenvalue weighted by atomic mass is 10.2. The molecule has 0 saturated heterocycles. The molecule has 0 amide bonds. The third kappa shape index (κ3) is 5.27. The fourth-order valence-electron chi connectivity index (χ4n) is 2.40. The molecule has 0 bridgehead atoms. The fraction of sp³-hybridized carbons (Fsp3) is 0.250. The molecule has 0 aliphatic carbocycles. The van der Waals surface area contributed by atoms with Crippen molar-refractivity contribution in [1.82, 2.24) is 14.9 Å². The largest absolute Gasteiger partial charge is 0.493 e. The molecule has 0 atom stereocenters. The van der Waals surface area contributed by atoms with E-state index >= 15 is 0 Å². The minimum Gasteiger partial charge on any atom is -0.493 e. The van der Waals surface area contributed by atoms with Gasteiger partial charge in [-0.3, -0.25) is 0 Å². The van der Waals surface area contributed by atoms with Crippen molar-refractivity contribution in [2.24, 2.45) is 5.10 Å². The quantitative estimate of drug-likeness (QED) is 0.386. The maximum atomic E-state index is 6.21. The second-order valence-electron chi connectivity index (χ2n) is 6.16. The number of nitrogens with zero attached hydrogens (tertiary/aromatic N) is 4. The van der Waals surface area contributed by atoms with Gasteiger partial charge in [-0.05, 0) is 49.2 Å². The summed E-state index contributed by atoms with van der Waals surface area (Å²) in [6, 6.07) is 13.4. The smallest absolute Gasteiger partial charge is 0.212 e. The number of thioether (sulfide) groups is 1. The molecule has 28 heavy (non-hydrogen) atoms. The molecular weight excluding hydrogens is 396 g/mol. The molecule has 0 saturated carbocycles. The maximum Gasteiger partial charge on any atom is 0.212 e. The number of rotatable bonds is 8. The van der Waals surface area contributed by atoms with Crippen molar-refractivity contribution in [3.63, 3.8) is 0 Å². The lowest BCUT2D eigenvalue weighted by Crippen LogP contribution is -2.06. The van der Waals surface area contributed by atoms with Gasteiger partial charge in [-0.25, -0.2) is 0 Å². The number of benzene rings is 2. The van der Waals surface area contributed by atoms with E-state index < -0.39 is 0 Å². The van der Waals surface area contributed by atoms with Crippen molar-refractivity contribution in [3.05, 3.63) is 64.9 Å². The molecule has 0 unspecified atom stereocenters. The Hall–Kier alpha value is -2.51. The fourth-order valence-corrected chi connectivity index (χ4v) is 3.55. The van der Waals surface area contributed by atoms with Gasteiger partial charge in [0.15, 0.2) is 11.5 Å². The Morgan fingerprint density at radius 2 is 2.04 bits per heavy atom. The number of hydrogen-bond donors (Lipinski definition) is 0. The van der Waals surface area contributed by atoms with Gasteiger partial charge in [0.25, 0.3) is 0 Å². The highest BCUT2D eigenvalue weighted by Gasteiger charge is 2.08. The molecule has 0 aliphatic heterocycles. The summed E-state index contributed by atoms with van der Waals surface area (Å²) in [6.07, 6.45) is 3.37. The van der Waals surface area contributed by atoms with Crippen LogP contribution in [0.2, 0.25) is 5.02 Å². The molecule has 3 rings (SSSR count). The van der Waals surface area contributed by atoms with Crippen LogP contribution in [0.1, 0.15) is 25.0 Å². The summed E-state index contributed by atoms with van der Waals surface area (Å²) < 4.78 is 12.8. The van der Waals surface area contributed by atoms with Crippen LogP contribution in [0, 0.1) is 0 Å². The van der Waals surface area contributed by atoms with Crippen LogP contribution in [0.4, 0.5) is 0 Å². The molecule has 8 heteroatoms. The van der Waals surface area contributed by atoms with E-state index in [9.17, 15) is 0 Å². The summed E-state index contributed by atoms with van der Waals surface area (Å²) >= 11 is 7.73.